The van der Waals surface area contributed by atoms with Gasteiger partial charge >= 0.3 is 5.97 Å². The normalized spacial score (nSPS) is 17.0. The minimum absolute atomic E-state index is 0.251. The Morgan fingerprint density at radius 1 is 1.19 bits per heavy atom. The minimum Gasteiger partial charge on any atom is -0.480 e. The van der Waals surface area contributed by atoms with Gasteiger partial charge in [0.2, 0.25) is 11.8 Å². The maximum absolute atomic E-state index is 12.8. The van der Waals surface area contributed by atoms with Gasteiger partial charge in [-0.15, -0.1) is 0 Å². The number of hydrogen-bond donors (Lipinski definition) is 1. The van der Waals surface area contributed by atoms with Gasteiger partial charge in [-0.2, -0.15) is 0 Å². The van der Waals surface area contributed by atoms with Gasteiger partial charge in [0.15, 0.2) is 0 Å². The average Bonchev–Trinajstić information content (AvgIpc) is 2.94. The SMILES string of the molecule is Cc1ccc(N2CC[C@@H](C(=O)N(CCN(C)C)CC(=O)O)C2=O)cc1C. The number of hydrogen-bond acceptors (Lipinski definition) is 4. The summed E-state index contributed by atoms with van der Waals surface area (Å²) in [6.45, 7) is 4.89. The Bertz CT molecular complexity index is 702. The van der Waals surface area contributed by atoms with Crippen molar-refractivity contribution in [3.05, 3.63) is 29.3 Å². The monoisotopic (exact) mass is 361 g/mol. The Morgan fingerprint density at radius 3 is 2.46 bits per heavy atom. The standard InChI is InChI=1S/C19H27N3O4/c1-13-5-6-15(11-14(13)2)22-8-7-16(19(22)26)18(25)21(12-17(23)24)10-9-20(3)4/h5-6,11,16H,7-10,12H2,1-4H3,(H,23,24)/t16-/m0/s1. The molecule has 0 unspecified atom stereocenters. The highest BCUT2D eigenvalue weighted by Gasteiger charge is 2.40. The third-order valence-electron chi connectivity index (χ3n) is 4.76. The first kappa shape index (κ1) is 19.9. The predicted octanol–water partition coefficient (Wildman–Crippen LogP) is 1.13. The van der Waals surface area contributed by atoms with Crippen LogP contribution in [0.25, 0.3) is 0 Å². The highest BCUT2D eigenvalue weighted by molar-refractivity contribution is 6.10. The van der Waals surface area contributed by atoms with Gasteiger partial charge in [-0.25, -0.2) is 0 Å². The quantitative estimate of drug-likeness (QED) is 0.737. The molecule has 1 aromatic carbocycles. The lowest BCUT2D eigenvalue weighted by Gasteiger charge is -2.25. The van der Waals surface area contributed by atoms with Crippen LogP contribution in [0.4, 0.5) is 5.69 Å². The summed E-state index contributed by atoms with van der Waals surface area (Å²) in [5.74, 6) is -2.53. The molecule has 1 aromatic rings. The van der Waals surface area contributed by atoms with E-state index in [9.17, 15) is 14.4 Å². The van der Waals surface area contributed by atoms with Crippen LogP contribution < -0.4 is 4.90 Å². The summed E-state index contributed by atoms with van der Waals surface area (Å²) < 4.78 is 0. The number of nitrogens with zero attached hydrogens (tertiary/aromatic N) is 3. The van der Waals surface area contributed by atoms with Crippen molar-refractivity contribution in [1.29, 1.82) is 0 Å². The van der Waals surface area contributed by atoms with Crippen molar-refractivity contribution in [3.63, 3.8) is 0 Å². The molecule has 0 bridgehead atoms. The lowest BCUT2D eigenvalue weighted by atomic mass is 10.1. The van der Waals surface area contributed by atoms with Gasteiger partial charge in [-0.05, 0) is 57.6 Å². The summed E-state index contributed by atoms with van der Waals surface area (Å²) >= 11 is 0. The number of aryl methyl sites for hydroxylation is 2. The topological polar surface area (TPSA) is 81.2 Å². The molecule has 1 fully saturated rings. The molecule has 1 atom stereocenters. The van der Waals surface area contributed by atoms with E-state index in [1.807, 2.05) is 51.0 Å². The first-order valence-corrected chi connectivity index (χ1v) is 8.74. The number of carboxylic acid groups (broad SMARTS) is 1. The molecule has 142 valence electrons. The summed E-state index contributed by atoms with van der Waals surface area (Å²) in [5, 5.41) is 9.09. The number of carbonyl (C=O) groups excluding carboxylic acids is 2. The molecule has 1 heterocycles. The van der Waals surface area contributed by atoms with Crippen LogP contribution in [-0.2, 0) is 14.4 Å². The predicted molar refractivity (Wildman–Crippen MR) is 99.1 cm³/mol. The third-order valence-corrected chi connectivity index (χ3v) is 4.76. The van der Waals surface area contributed by atoms with Crippen molar-refractivity contribution in [2.75, 3.05) is 45.2 Å². The van der Waals surface area contributed by atoms with Crippen LogP contribution in [0, 0.1) is 19.8 Å². The van der Waals surface area contributed by atoms with Gasteiger partial charge in [-0.3, -0.25) is 14.4 Å². The highest BCUT2D eigenvalue weighted by Crippen LogP contribution is 2.28. The van der Waals surface area contributed by atoms with Crippen LogP contribution in [0.3, 0.4) is 0 Å². The zero-order valence-corrected chi connectivity index (χ0v) is 15.9. The van der Waals surface area contributed by atoms with Crippen LogP contribution in [0.2, 0.25) is 0 Å². The molecule has 7 nitrogen and oxygen atoms in total. The van der Waals surface area contributed by atoms with Crippen molar-refractivity contribution in [2.24, 2.45) is 5.92 Å². The number of likely N-dealkylation sites (N-methyl/N-ethyl adjacent to an activating group) is 1. The Balaban J connectivity index is 2.14. The fraction of sp³-hybridized carbons (Fsp3) is 0.526. The largest absolute Gasteiger partial charge is 0.480 e. The number of aliphatic carboxylic acids is 1. The van der Waals surface area contributed by atoms with Gasteiger partial charge in [0, 0.05) is 25.3 Å². The van der Waals surface area contributed by atoms with Crippen LogP contribution in [-0.4, -0.2) is 73.0 Å². The second-order valence-electron chi connectivity index (χ2n) is 7.06. The van der Waals surface area contributed by atoms with Crippen LogP contribution in [0.5, 0.6) is 0 Å². The van der Waals surface area contributed by atoms with Crippen LogP contribution in [0.1, 0.15) is 17.5 Å². The molecule has 1 N–H and O–H groups in total. The molecule has 2 rings (SSSR count). The minimum atomic E-state index is -1.08. The molecular formula is C19H27N3O4. The molecule has 1 saturated heterocycles. The number of carboxylic acids is 1. The average molecular weight is 361 g/mol. The van der Waals surface area contributed by atoms with E-state index in [4.69, 9.17) is 5.11 Å². The van der Waals surface area contributed by atoms with Crippen molar-refractivity contribution in [1.82, 2.24) is 9.80 Å². The van der Waals surface area contributed by atoms with E-state index < -0.39 is 17.8 Å². The van der Waals surface area contributed by atoms with Crippen LogP contribution >= 0.6 is 0 Å². The number of benzene rings is 1. The number of rotatable bonds is 7. The Kier molecular flexibility index (Phi) is 6.37. The summed E-state index contributed by atoms with van der Waals surface area (Å²) in [5.41, 5.74) is 3.01. The lowest BCUT2D eigenvalue weighted by molar-refractivity contribution is -0.148. The number of anilines is 1. The van der Waals surface area contributed by atoms with E-state index in [1.54, 1.807) is 4.90 Å². The molecule has 7 heteroatoms. The molecule has 0 saturated carbocycles. The third kappa shape index (κ3) is 4.60. The Labute approximate surface area is 154 Å². The lowest BCUT2D eigenvalue weighted by Crippen LogP contribution is -2.45. The number of amides is 2. The summed E-state index contributed by atoms with van der Waals surface area (Å²) in [6.07, 6.45) is 0.405. The van der Waals surface area contributed by atoms with Gasteiger partial charge in [0.1, 0.15) is 12.5 Å². The molecule has 0 aromatic heterocycles. The molecule has 0 spiro atoms. The van der Waals surface area contributed by atoms with E-state index in [-0.39, 0.29) is 19.0 Å². The molecule has 1 aliphatic rings. The summed E-state index contributed by atoms with van der Waals surface area (Å²) in [7, 11) is 3.71. The summed E-state index contributed by atoms with van der Waals surface area (Å²) in [6, 6.07) is 5.79. The molecule has 1 aliphatic heterocycles. The second-order valence-corrected chi connectivity index (χ2v) is 7.06. The van der Waals surface area contributed by atoms with E-state index in [1.165, 1.54) is 4.90 Å². The van der Waals surface area contributed by atoms with Crippen LogP contribution in [0.15, 0.2) is 18.2 Å². The van der Waals surface area contributed by atoms with Gasteiger partial charge < -0.3 is 19.8 Å². The van der Waals surface area contributed by atoms with E-state index in [0.29, 0.717) is 19.5 Å². The fourth-order valence-corrected chi connectivity index (χ4v) is 3.03. The fourth-order valence-electron chi connectivity index (χ4n) is 3.03. The molecular weight excluding hydrogens is 334 g/mol. The van der Waals surface area contributed by atoms with Crippen molar-refractivity contribution in [3.8, 4) is 0 Å². The Morgan fingerprint density at radius 2 is 1.88 bits per heavy atom. The number of carbonyl (C=O) groups is 3. The molecule has 2 amide bonds. The molecule has 0 aliphatic carbocycles. The smallest absolute Gasteiger partial charge is 0.323 e. The van der Waals surface area contributed by atoms with E-state index in [0.717, 1.165) is 16.8 Å². The zero-order valence-electron chi connectivity index (χ0n) is 15.9. The maximum Gasteiger partial charge on any atom is 0.323 e. The molecule has 26 heavy (non-hydrogen) atoms. The van der Waals surface area contributed by atoms with Crippen molar-refractivity contribution >= 4 is 23.5 Å². The second kappa shape index (κ2) is 8.31. The van der Waals surface area contributed by atoms with Gasteiger partial charge in [0.25, 0.3) is 0 Å². The van der Waals surface area contributed by atoms with Gasteiger partial charge in [0.05, 0.1) is 0 Å². The zero-order chi connectivity index (χ0) is 19.4. The van der Waals surface area contributed by atoms with Crippen molar-refractivity contribution < 1.29 is 19.5 Å². The first-order valence-electron chi connectivity index (χ1n) is 8.74. The summed E-state index contributed by atoms with van der Waals surface area (Å²) in [4.78, 5) is 41.5. The van der Waals surface area contributed by atoms with E-state index >= 15 is 0 Å². The highest BCUT2D eigenvalue weighted by atomic mass is 16.4. The Hall–Kier alpha value is -2.41. The maximum atomic E-state index is 12.8. The van der Waals surface area contributed by atoms with E-state index in [2.05, 4.69) is 0 Å². The van der Waals surface area contributed by atoms with Crippen molar-refractivity contribution in [2.45, 2.75) is 20.3 Å². The molecule has 0 radical (unpaired) electrons. The van der Waals surface area contributed by atoms with Gasteiger partial charge in [-0.1, -0.05) is 6.07 Å². The first-order chi connectivity index (χ1) is 12.2.